The molecule has 7 aromatic rings. The summed E-state index contributed by atoms with van der Waals surface area (Å²) in [5, 5.41) is 3.00. The molecule has 2 heterocycles. The van der Waals surface area contributed by atoms with Crippen molar-refractivity contribution >= 4 is 38.6 Å². The van der Waals surface area contributed by atoms with Gasteiger partial charge in [-0.15, -0.1) is 0 Å². The molecule has 2 aromatic heterocycles. The number of ketones is 1. The van der Waals surface area contributed by atoms with Crippen LogP contribution >= 0.6 is 0 Å². The summed E-state index contributed by atoms with van der Waals surface area (Å²) in [4.78, 5) is 27.2. The third-order valence-electron chi connectivity index (χ3n) is 7.88. The summed E-state index contributed by atoms with van der Waals surface area (Å²) in [6, 6.07) is 40.9. The lowest BCUT2D eigenvalue weighted by Gasteiger charge is -2.16. The van der Waals surface area contributed by atoms with Gasteiger partial charge in [0.05, 0.1) is 5.56 Å². The van der Waals surface area contributed by atoms with Crippen molar-refractivity contribution < 1.29 is 13.8 Å². The van der Waals surface area contributed by atoms with E-state index >= 15 is 0 Å². The SMILES string of the molecule is Cc1n(C(c2ccccc2)c2cc3ccccc3oc2=O)c2ccccc2[n+]1CC(=O)c1ccc2ccccc2c1. The quantitative estimate of drug-likeness (QED) is 0.131. The van der Waals surface area contributed by atoms with Crippen molar-refractivity contribution in [3.05, 3.63) is 160 Å². The van der Waals surface area contributed by atoms with Gasteiger partial charge in [0.2, 0.25) is 5.78 Å². The zero-order valence-electron chi connectivity index (χ0n) is 22.5. The molecule has 198 valence electrons. The molecule has 1 atom stereocenters. The first-order valence-electron chi connectivity index (χ1n) is 13.7. The second-order valence-corrected chi connectivity index (χ2v) is 10.3. The number of Topliss-reactive ketones (excluding diaryl/α,β-unsaturated/α-hetero) is 1. The number of fused-ring (bicyclic) bond motifs is 3. The minimum absolute atomic E-state index is 0.0215. The number of carbonyl (C=O) groups excluding carboxylic acids is 1. The van der Waals surface area contributed by atoms with Gasteiger partial charge in [0.15, 0.2) is 23.6 Å². The highest BCUT2D eigenvalue weighted by Crippen LogP contribution is 2.31. The first kappa shape index (κ1) is 24.7. The van der Waals surface area contributed by atoms with Crippen LogP contribution < -0.4 is 10.2 Å². The van der Waals surface area contributed by atoms with Crippen molar-refractivity contribution in [2.24, 2.45) is 0 Å². The number of carbonyl (C=O) groups is 1. The third kappa shape index (κ3) is 4.32. The van der Waals surface area contributed by atoms with Gasteiger partial charge in [-0.3, -0.25) is 4.79 Å². The Bertz CT molecular complexity index is 2140. The van der Waals surface area contributed by atoms with Crippen molar-refractivity contribution in [3.63, 3.8) is 0 Å². The molecule has 0 aliphatic heterocycles. The fourth-order valence-electron chi connectivity index (χ4n) is 5.87. The summed E-state index contributed by atoms with van der Waals surface area (Å²) in [6.07, 6.45) is 0. The van der Waals surface area contributed by atoms with Gasteiger partial charge < -0.3 is 4.42 Å². The monoisotopic (exact) mass is 535 g/mol. The number of hydrogen-bond donors (Lipinski definition) is 0. The summed E-state index contributed by atoms with van der Waals surface area (Å²) in [5.41, 5.74) is 4.18. The predicted molar refractivity (Wildman–Crippen MR) is 161 cm³/mol. The number of rotatable bonds is 6. The van der Waals surface area contributed by atoms with Crippen LogP contribution in [0.4, 0.5) is 0 Å². The number of hydrogen-bond acceptors (Lipinski definition) is 3. The number of imidazole rings is 1. The van der Waals surface area contributed by atoms with Gasteiger partial charge in [-0.2, -0.15) is 0 Å². The van der Waals surface area contributed by atoms with Gasteiger partial charge in [0.1, 0.15) is 5.58 Å². The van der Waals surface area contributed by atoms with Crippen molar-refractivity contribution in [3.8, 4) is 0 Å². The standard InChI is InChI=1S/C36H27N2O3/c1-24-37(23-33(39)28-20-19-25-11-5-6-14-27(25)21-28)31-16-8-9-17-32(31)38(24)35(26-12-3-2-4-13-26)30-22-29-15-7-10-18-34(29)41-36(30)40/h2-22,35H,23H2,1H3/q+1. The van der Waals surface area contributed by atoms with Gasteiger partial charge in [-0.25, -0.2) is 13.9 Å². The van der Waals surface area contributed by atoms with Crippen LogP contribution in [0.2, 0.25) is 0 Å². The molecule has 0 radical (unpaired) electrons. The number of para-hydroxylation sites is 3. The second kappa shape index (κ2) is 10.0. The number of aromatic nitrogens is 2. The van der Waals surface area contributed by atoms with E-state index in [1.807, 2.05) is 133 Å². The molecule has 7 rings (SSSR count). The molecular formula is C36H27N2O3+. The molecule has 1 unspecified atom stereocenters. The summed E-state index contributed by atoms with van der Waals surface area (Å²) in [7, 11) is 0. The van der Waals surface area contributed by atoms with E-state index in [1.54, 1.807) is 6.07 Å². The fourth-order valence-corrected chi connectivity index (χ4v) is 5.87. The lowest BCUT2D eigenvalue weighted by Crippen LogP contribution is -2.41. The normalized spacial score (nSPS) is 12.2. The molecule has 41 heavy (non-hydrogen) atoms. The smallest absolute Gasteiger partial charge is 0.344 e. The Labute approximate surface area is 236 Å². The minimum atomic E-state index is -0.459. The average molecular weight is 536 g/mol. The fraction of sp³-hybridized carbons (Fsp3) is 0.0833. The maximum Gasteiger partial charge on any atom is 0.344 e. The van der Waals surface area contributed by atoms with E-state index in [-0.39, 0.29) is 18.0 Å². The van der Waals surface area contributed by atoms with E-state index in [1.165, 1.54) is 0 Å². The van der Waals surface area contributed by atoms with Crippen LogP contribution in [-0.2, 0) is 6.54 Å². The molecule has 0 fully saturated rings. The molecule has 0 aliphatic rings. The van der Waals surface area contributed by atoms with E-state index in [4.69, 9.17) is 4.42 Å². The second-order valence-electron chi connectivity index (χ2n) is 10.3. The Balaban J connectivity index is 1.41. The molecule has 0 saturated heterocycles. The summed E-state index contributed by atoms with van der Waals surface area (Å²) in [5.74, 6) is 0.884. The van der Waals surface area contributed by atoms with E-state index < -0.39 is 6.04 Å². The number of benzene rings is 5. The highest BCUT2D eigenvalue weighted by molar-refractivity contribution is 5.99. The summed E-state index contributed by atoms with van der Waals surface area (Å²) >= 11 is 0. The molecule has 0 spiro atoms. The van der Waals surface area contributed by atoms with Crippen LogP contribution in [0.15, 0.2) is 137 Å². The van der Waals surface area contributed by atoms with Gasteiger partial charge in [0, 0.05) is 23.4 Å². The van der Waals surface area contributed by atoms with Crippen LogP contribution in [0.5, 0.6) is 0 Å². The van der Waals surface area contributed by atoms with Crippen LogP contribution in [0.1, 0.15) is 33.4 Å². The molecule has 0 amide bonds. The van der Waals surface area contributed by atoms with Crippen molar-refractivity contribution in [2.45, 2.75) is 19.5 Å². The zero-order valence-corrected chi connectivity index (χ0v) is 22.5. The Morgan fingerprint density at radius 3 is 2.27 bits per heavy atom. The van der Waals surface area contributed by atoms with Crippen LogP contribution in [0.3, 0.4) is 0 Å². The summed E-state index contributed by atoms with van der Waals surface area (Å²) in [6.45, 7) is 2.18. The molecule has 0 bridgehead atoms. The van der Waals surface area contributed by atoms with Gasteiger partial charge in [0.25, 0.3) is 5.82 Å². The molecule has 5 aromatic carbocycles. The zero-order chi connectivity index (χ0) is 27.9. The Morgan fingerprint density at radius 1 is 0.756 bits per heavy atom. The lowest BCUT2D eigenvalue weighted by atomic mass is 9.98. The van der Waals surface area contributed by atoms with Gasteiger partial charge >= 0.3 is 5.63 Å². The van der Waals surface area contributed by atoms with Crippen molar-refractivity contribution in [2.75, 3.05) is 0 Å². The number of nitrogens with zero attached hydrogens (tertiary/aromatic N) is 2. The minimum Gasteiger partial charge on any atom is -0.422 e. The van der Waals surface area contributed by atoms with E-state index in [9.17, 15) is 9.59 Å². The first-order chi connectivity index (χ1) is 20.1. The van der Waals surface area contributed by atoms with Gasteiger partial charge in [-0.05, 0) is 41.1 Å². The highest BCUT2D eigenvalue weighted by atomic mass is 16.4. The van der Waals surface area contributed by atoms with Gasteiger partial charge in [-0.1, -0.05) is 97.1 Å². The largest absolute Gasteiger partial charge is 0.422 e. The first-order valence-corrected chi connectivity index (χ1v) is 13.7. The molecule has 5 heteroatoms. The molecule has 0 N–H and O–H groups in total. The molecular weight excluding hydrogens is 508 g/mol. The summed E-state index contributed by atoms with van der Waals surface area (Å²) < 4.78 is 10.0. The van der Waals surface area contributed by atoms with Crippen LogP contribution in [0, 0.1) is 6.92 Å². The highest BCUT2D eigenvalue weighted by Gasteiger charge is 2.33. The molecule has 0 aliphatic carbocycles. The molecule has 0 saturated carbocycles. The van der Waals surface area contributed by atoms with E-state index in [2.05, 4.69) is 4.57 Å². The topological polar surface area (TPSA) is 56.1 Å². The average Bonchev–Trinajstić information content (AvgIpc) is 3.28. The maximum atomic E-state index is 13.7. The van der Waals surface area contributed by atoms with Crippen molar-refractivity contribution in [1.29, 1.82) is 0 Å². The molecule has 5 nitrogen and oxygen atoms in total. The van der Waals surface area contributed by atoms with Crippen LogP contribution in [-0.4, -0.2) is 10.4 Å². The Hall–Kier alpha value is -5.29. The van der Waals surface area contributed by atoms with Crippen LogP contribution in [0.25, 0.3) is 32.8 Å². The lowest BCUT2D eigenvalue weighted by molar-refractivity contribution is -0.664. The Kier molecular flexibility index (Phi) is 6.05. The predicted octanol–water partition coefficient (Wildman–Crippen LogP) is 7.02. The van der Waals surface area contributed by atoms with E-state index in [0.717, 1.165) is 38.6 Å². The van der Waals surface area contributed by atoms with Crippen molar-refractivity contribution in [1.82, 2.24) is 4.57 Å². The third-order valence-corrected chi connectivity index (χ3v) is 7.88. The Morgan fingerprint density at radius 2 is 1.44 bits per heavy atom. The van der Waals surface area contributed by atoms with E-state index in [0.29, 0.717) is 16.7 Å². The maximum absolute atomic E-state index is 13.7.